The van der Waals surface area contributed by atoms with E-state index in [4.69, 9.17) is 11.0 Å². The fourth-order valence-corrected chi connectivity index (χ4v) is 1.11. The predicted molar refractivity (Wildman–Crippen MR) is 54.4 cm³/mol. The van der Waals surface area contributed by atoms with Gasteiger partial charge in [0.05, 0.1) is 18.1 Å². The summed E-state index contributed by atoms with van der Waals surface area (Å²) in [5.74, 6) is 0.357. The van der Waals surface area contributed by atoms with E-state index in [0.29, 0.717) is 22.9 Å². The molecule has 2 rings (SSSR count). The highest BCUT2D eigenvalue weighted by Crippen LogP contribution is 2.13. The first-order valence-electron chi connectivity index (χ1n) is 4.24. The molecule has 0 radical (unpaired) electrons. The van der Waals surface area contributed by atoms with Crippen molar-refractivity contribution in [3.8, 4) is 17.5 Å². The second-order valence-electron chi connectivity index (χ2n) is 2.85. The summed E-state index contributed by atoms with van der Waals surface area (Å²) in [5, 5.41) is 8.68. The zero-order valence-electron chi connectivity index (χ0n) is 7.75. The first-order chi connectivity index (χ1) is 7.29. The Bertz CT molecular complexity index is 512. The zero-order chi connectivity index (χ0) is 10.7. The van der Waals surface area contributed by atoms with E-state index >= 15 is 0 Å². The molecule has 0 aliphatic carbocycles. The maximum atomic E-state index is 8.68. The fourth-order valence-electron chi connectivity index (χ4n) is 1.11. The lowest BCUT2D eigenvalue weighted by molar-refractivity contribution is 1.17. The van der Waals surface area contributed by atoms with Crippen LogP contribution in [0.25, 0.3) is 11.4 Å². The Balaban J connectivity index is 2.46. The number of hydrogen-bond donors (Lipinski definition) is 1. The molecule has 5 heteroatoms. The van der Waals surface area contributed by atoms with Gasteiger partial charge in [-0.3, -0.25) is 0 Å². The van der Waals surface area contributed by atoms with Crippen LogP contribution >= 0.6 is 0 Å². The first kappa shape index (κ1) is 9.09. The number of nitrogen functional groups attached to an aromatic ring is 1. The maximum absolute atomic E-state index is 8.68. The van der Waals surface area contributed by atoms with Crippen molar-refractivity contribution in [3.05, 3.63) is 36.3 Å². The summed E-state index contributed by atoms with van der Waals surface area (Å²) in [6.07, 6.45) is 2.98. The smallest absolute Gasteiger partial charge is 0.141 e. The van der Waals surface area contributed by atoms with Crippen molar-refractivity contribution in [2.75, 3.05) is 5.73 Å². The molecule has 2 heterocycles. The number of rotatable bonds is 1. The van der Waals surface area contributed by atoms with Crippen LogP contribution in [0.5, 0.6) is 0 Å². The van der Waals surface area contributed by atoms with E-state index in [9.17, 15) is 0 Å². The molecule has 2 aromatic rings. The van der Waals surface area contributed by atoms with E-state index in [1.54, 1.807) is 18.2 Å². The van der Waals surface area contributed by atoms with Crippen molar-refractivity contribution in [2.45, 2.75) is 0 Å². The molecule has 0 spiro atoms. The Morgan fingerprint density at radius 1 is 1.13 bits per heavy atom. The molecule has 0 saturated carbocycles. The van der Waals surface area contributed by atoms with Gasteiger partial charge in [-0.1, -0.05) is 6.07 Å². The molecule has 0 aromatic carbocycles. The number of nitriles is 1. The fraction of sp³-hybridized carbons (Fsp3) is 0. The van der Waals surface area contributed by atoms with Crippen LogP contribution in [0.1, 0.15) is 5.69 Å². The summed E-state index contributed by atoms with van der Waals surface area (Å²) >= 11 is 0. The van der Waals surface area contributed by atoms with Gasteiger partial charge in [0.15, 0.2) is 0 Å². The second kappa shape index (κ2) is 3.72. The number of aromatic nitrogens is 3. The molecule has 0 saturated heterocycles. The van der Waals surface area contributed by atoms with Crippen LogP contribution in [0.15, 0.2) is 30.6 Å². The van der Waals surface area contributed by atoms with E-state index in [-0.39, 0.29) is 0 Å². The third kappa shape index (κ3) is 1.89. The summed E-state index contributed by atoms with van der Waals surface area (Å²) in [7, 11) is 0. The minimum absolute atomic E-state index is 0.353. The number of pyridine rings is 1. The maximum Gasteiger partial charge on any atom is 0.141 e. The lowest BCUT2D eigenvalue weighted by Crippen LogP contribution is -1.94. The summed E-state index contributed by atoms with van der Waals surface area (Å²) in [6, 6.07) is 7.11. The van der Waals surface area contributed by atoms with Crippen LogP contribution in [-0.2, 0) is 0 Å². The average molecular weight is 197 g/mol. The van der Waals surface area contributed by atoms with Crippen molar-refractivity contribution in [2.24, 2.45) is 0 Å². The minimum Gasteiger partial charge on any atom is -0.382 e. The van der Waals surface area contributed by atoms with Gasteiger partial charge in [-0.2, -0.15) is 5.26 Å². The third-order valence-electron chi connectivity index (χ3n) is 1.80. The van der Waals surface area contributed by atoms with Crippen LogP contribution in [-0.4, -0.2) is 15.0 Å². The molecule has 2 aromatic heterocycles. The van der Waals surface area contributed by atoms with Gasteiger partial charge in [-0.25, -0.2) is 15.0 Å². The third-order valence-corrected chi connectivity index (χ3v) is 1.80. The highest BCUT2D eigenvalue weighted by molar-refractivity contribution is 5.54. The highest BCUT2D eigenvalue weighted by Gasteiger charge is 2.02. The van der Waals surface area contributed by atoms with Gasteiger partial charge in [0, 0.05) is 0 Å². The topological polar surface area (TPSA) is 88.5 Å². The molecule has 72 valence electrons. The average Bonchev–Trinajstić information content (AvgIpc) is 2.30. The van der Waals surface area contributed by atoms with Crippen molar-refractivity contribution in [3.63, 3.8) is 0 Å². The summed E-state index contributed by atoms with van der Waals surface area (Å²) in [4.78, 5) is 12.1. The first-order valence-corrected chi connectivity index (χ1v) is 4.24. The summed E-state index contributed by atoms with van der Waals surface area (Å²) in [5.41, 5.74) is 6.98. The van der Waals surface area contributed by atoms with Gasteiger partial charge in [0.2, 0.25) is 0 Å². The minimum atomic E-state index is 0.353. The lowest BCUT2D eigenvalue weighted by Gasteiger charge is -1.99. The quantitative estimate of drug-likeness (QED) is 0.736. The highest BCUT2D eigenvalue weighted by atomic mass is 14.9. The SMILES string of the molecule is N#Cc1cccc(-c2cnc(N)cn2)n1. The monoisotopic (exact) mass is 197 g/mol. The van der Waals surface area contributed by atoms with Crippen molar-refractivity contribution in [1.82, 2.24) is 15.0 Å². The van der Waals surface area contributed by atoms with Gasteiger partial charge >= 0.3 is 0 Å². The predicted octanol–water partition coefficient (Wildman–Crippen LogP) is 0.992. The standard InChI is InChI=1S/C10H7N5/c11-4-7-2-1-3-8(15-7)9-5-14-10(12)6-13-9/h1-3,5-6H,(H2,12,14). The Morgan fingerprint density at radius 2 is 2.00 bits per heavy atom. The molecule has 0 unspecified atom stereocenters. The van der Waals surface area contributed by atoms with Crippen LogP contribution in [0.4, 0.5) is 5.82 Å². The number of hydrogen-bond acceptors (Lipinski definition) is 5. The molecular formula is C10H7N5. The molecule has 0 amide bonds. The molecule has 0 bridgehead atoms. The molecule has 0 atom stereocenters. The summed E-state index contributed by atoms with van der Waals surface area (Å²) in [6.45, 7) is 0. The molecule has 0 aliphatic heterocycles. The van der Waals surface area contributed by atoms with Crippen LogP contribution in [0.2, 0.25) is 0 Å². The Labute approximate surface area is 86.2 Å². The van der Waals surface area contributed by atoms with Gasteiger partial charge in [0.1, 0.15) is 23.3 Å². The van der Waals surface area contributed by atoms with E-state index in [2.05, 4.69) is 15.0 Å². The molecule has 0 aliphatic rings. The van der Waals surface area contributed by atoms with E-state index in [0.717, 1.165) is 0 Å². The van der Waals surface area contributed by atoms with Gasteiger partial charge in [-0.05, 0) is 12.1 Å². The molecule has 0 fully saturated rings. The van der Waals surface area contributed by atoms with E-state index in [1.165, 1.54) is 12.4 Å². The normalized spacial score (nSPS) is 9.53. The van der Waals surface area contributed by atoms with Crippen molar-refractivity contribution >= 4 is 5.82 Å². The second-order valence-corrected chi connectivity index (χ2v) is 2.85. The Kier molecular flexibility index (Phi) is 2.25. The zero-order valence-corrected chi connectivity index (χ0v) is 7.75. The van der Waals surface area contributed by atoms with Gasteiger partial charge in [-0.15, -0.1) is 0 Å². The number of nitrogens with zero attached hydrogens (tertiary/aromatic N) is 4. The molecular weight excluding hydrogens is 190 g/mol. The Hall–Kier alpha value is -2.48. The lowest BCUT2D eigenvalue weighted by atomic mass is 10.2. The number of nitrogens with two attached hydrogens (primary N) is 1. The Morgan fingerprint density at radius 3 is 2.67 bits per heavy atom. The molecule has 5 nitrogen and oxygen atoms in total. The summed E-state index contributed by atoms with van der Waals surface area (Å²) < 4.78 is 0. The van der Waals surface area contributed by atoms with Crippen molar-refractivity contribution < 1.29 is 0 Å². The van der Waals surface area contributed by atoms with Gasteiger partial charge in [0.25, 0.3) is 0 Å². The number of anilines is 1. The van der Waals surface area contributed by atoms with Crippen molar-refractivity contribution in [1.29, 1.82) is 5.26 Å². The van der Waals surface area contributed by atoms with Crippen LogP contribution < -0.4 is 5.73 Å². The molecule has 15 heavy (non-hydrogen) atoms. The molecule has 2 N–H and O–H groups in total. The van der Waals surface area contributed by atoms with E-state index in [1.807, 2.05) is 6.07 Å². The van der Waals surface area contributed by atoms with Gasteiger partial charge < -0.3 is 5.73 Å². The van der Waals surface area contributed by atoms with Crippen LogP contribution in [0, 0.1) is 11.3 Å². The van der Waals surface area contributed by atoms with E-state index < -0.39 is 0 Å². The van der Waals surface area contributed by atoms with Crippen LogP contribution in [0.3, 0.4) is 0 Å². The largest absolute Gasteiger partial charge is 0.382 e.